The van der Waals surface area contributed by atoms with E-state index in [-0.39, 0.29) is 23.3 Å². The molecule has 1 aliphatic heterocycles. The number of rotatable bonds is 4. The third-order valence-corrected chi connectivity index (χ3v) is 5.14. The zero-order chi connectivity index (χ0) is 21.1. The van der Waals surface area contributed by atoms with Crippen LogP contribution in [0.15, 0.2) is 66.5 Å². The summed E-state index contributed by atoms with van der Waals surface area (Å²) in [6, 6.07) is 14.1. The molecule has 0 aliphatic carbocycles. The molecule has 0 bridgehead atoms. The van der Waals surface area contributed by atoms with Gasteiger partial charge in [-0.3, -0.25) is 9.59 Å². The van der Waals surface area contributed by atoms with Crippen LogP contribution in [0.1, 0.15) is 24.5 Å². The lowest BCUT2D eigenvalue weighted by molar-refractivity contribution is -0.129. The van der Waals surface area contributed by atoms with Gasteiger partial charge in [0.2, 0.25) is 5.91 Å². The molecule has 0 fully saturated rings. The molecular weight excluding hydrogens is 381 g/mol. The minimum Gasteiger partial charge on any atom is -0.360 e. The van der Waals surface area contributed by atoms with Crippen LogP contribution < -0.4 is 5.32 Å². The maximum Gasteiger partial charge on any atom is 0.270 e. The highest BCUT2D eigenvalue weighted by atomic mass is 19.1. The Morgan fingerprint density at radius 1 is 1.17 bits per heavy atom. The van der Waals surface area contributed by atoms with E-state index in [9.17, 15) is 14.0 Å². The number of aromatic amines is 1. The molecule has 0 spiro atoms. The van der Waals surface area contributed by atoms with Crippen molar-refractivity contribution in [1.29, 1.82) is 0 Å². The molecule has 0 saturated carbocycles. The maximum atomic E-state index is 13.4. The minimum atomic E-state index is -0.287. The summed E-state index contributed by atoms with van der Waals surface area (Å²) < 4.78 is 13.4. The topological polar surface area (TPSA) is 65.2 Å². The Hall–Kier alpha value is -3.67. The largest absolute Gasteiger partial charge is 0.360 e. The molecule has 2 amide bonds. The van der Waals surface area contributed by atoms with Crippen LogP contribution in [0.3, 0.4) is 0 Å². The minimum absolute atomic E-state index is 0.217. The van der Waals surface area contributed by atoms with Gasteiger partial charge in [-0.25, -0.2) is 4.39 Å². The summed E-state index contributed by atoms with van der Waals surface area (Å²) >= 11 is 0. The van der Waals surface area contributed by atoms with Crippen LogP contribution in [0, 0.1) is 5.82 Å². The number of aromatic nitrogens is 1. The predicted octanol–water partition coefficient (Wildman–Crippen LogP) is 4.10. The zero-order valence-corrected chi connectivity index (χ0v) is 16.6. The Kier molecular flexibility index (Phi) is 5.48. The highest BCUT2D eigenvalue weighted by molar-refractivity contribution is 6.01. The average molecular weight is 403 g/mol. The molecule has 30 heavy (non-hydrogen) atoms. The first-order valence-electron chi connectivity index (χ1n) is 9.81. The average Bonchev–Trinajstić information content (AvgIpc) is 3.16. The molecule has 0 saturated heterocycles. The molecule has 1 aliphatic rings. The van der Waals surface area contributed by atoms with Crippen LogP contribution >= 0.6 is 0 Å². The number of hydrogen-bond acceptors (Lipinski definition) is 2. The zero-order valence-electron chi connectivity index (χ0n) is 16.6. The molecule has 152 valence electrons. The van der Waals surface area contributed by atoms with Gasteiger partial charge in [0.05, 0.1) is 0 Å². The number of fused-ring (bicyclic) bond motifs is 1. The monoisotopic (exact) mass is 403 g/mol. The third kappa shape index (κ3) is 4.17. The van der Waals surface area contributed by atoms with Crippen LogP contribution in [-0.4, -0.2) is 34.8 Å². The van der Waals surface area contributed by atoms with Gasteiger partial charge in [0.1, 0.15) is 11.5 Å². The lowest BCUT2D eigenvalue weighted by Gasteiger charge is -2.27. The number of nitrogens with one attached hydrogen (secondary N) is 2. The van der Waals surface area contributed by atoms with Crippen molar-refractivity contribution >= 4 is 34.4 Å². The van der Waals surface area contributed by atoms with Crippen LogP contribution in [0.2, 0.25) is 0 Å². The summed E-state index contributed by atoms with van der Waals surface area (Å²) in [5.74, 6) is -0.781. The van der Waals surface area contributed by atoms with Gasteiger partial charge < -0.3 is 15.2 Å². The third-order valence-electron chi connectivity index (χ3n) is 5.14. The first-order valence-corrected chi connectivity index (χ1v) is 9.81. The van der Waals surface area contributed by atoms with E-state index in [0.29, 0.717) is 19.5 Å². The number of halogens is 1. The smallest absolute Gasteiger partial charge is 0.270 e. The molecule has 6 heteroatoms. The van der Waals surface area contributed by atoms with Gasteiger partial charge in [-0.2, -0.15) is 0 Å². The molecule has 0 unspecified atom stereocenters. The SMILES string of the molecule is CC(=O)N/C(=C\c1ccccc1)C(=O)N1CC=C(c2c[nH]c3cc(F)ccc23)CC1. The summed E-state index contributed by atoms with van der Waals surface area (Å²) in [5, 5.41) is 3.63. The number of H-pyrrole nitrogens is 1. The van der Waals surface area contributed by atoms with Crippen molar-refractivity contribution in [3.05, 3.63) is 83.4 Å². The van der Waals surface area contributed by atoms with E-state index in [0.717, 1.165) is 27.6 Å². The second-order valence-electron chi connectivity index (χ2n) is 7.27. The van der Waals surface area contributed by atoms with E-state index < -0.39 is 0 Å². The molecule has 5 nitrogen and oxygen atoms in total. The fraction of sp³-hybridized carbons (Fsp3) is 0.167. The summed E-state index contributed by atoms with van der Waals surface area (Å²) in [5.41, 5.74) is 3.99. The van der Waals surface area contributed by atoms with Crippen LogP contribution in [-0.2, 0) is 9.59 Å². The van der Waals surface area contributed by atoms with E-state index in [1.807, 2.05) is 42.6 Å². The Labute approximate surface area is 173 Å². The Morgan fingerprint density at radius 3 is 2.67 bits per heavy atom. The van der Waals surface area contributed by atoms with Gasteiger partial charge in [0.25, 0.3) is 5.91 Å². The van der Waals surface area contributed by atoms with Gasteiger partial charge in [-0.1, -0.05) is 36.4 Å². The standard InChI is InChI=1S/C24H22FN3O2/c1-16(29)27-23(13-17-5-3-2-4-6-17)24(30)28-11-9-18(10-12-28)21-15-26-22-14-19(25)7-8-20(21)22/h2-9,13-15,26H,10-12H2,1H3,(H,27,29)/b23-13-. The van der Waals surface area contributed by atoms with Crippen LogP contribution in [0.25, 0.3) is 22.6 Å². The molecule has 3 aromatic rings. The summed E-state index contributed by atoms with van der Waals surface area (Å²) in [6.45, 7) is 2.36. The fourth-order valence-corrected chi connectivity index (χ4v) is 3.69. The Morgan fingerprint density at radius 2 is 1.97 bits per heavy atom. The first-order chi connectivity index (χ1) is 14.5. The van der Waals surface area contributed by atoms with Gasteiger partial charge in [0.15, 0.2) is 0 Å². The first kappa shape index (κ1) is 19.6. The van der Waals surface area contributed by atoms with Crippen molar-refractivity contribution in [2.24, 2.45) is 0 Å². The number of carbonyl (C=O) groups is 2. The van der Waals surface area contributed by atoms with Gasteiger partial charge in [-0.15, -0.1) is 0 Å². The van der Waals surface area contributed by atoms with Crippen molar-refractivity contribution < 1.29 is 14.0 Å². The number of hydrogen-bond donors (Lipinski definition) is 2. The van der Waals surface area contributed by atoms with E-state index in [1.54, 1.807) is 17.0 Å². The molecule has 2 N–H and O–H groups in total. The van der Waals surface area contributed by atoms with Crippen molar-refractivity contribution in [3.8, 4) is 0 Å². The van der Waals surface area contributed by atoms with Crippen LogP contribution in [0.5, 0.6) is 0 Å². The molecule has 2 heterocycles. The van der Waals surface area contributed by atoms with Crippen molar-refractivity contribution in [2.75, 3.05) is 13.1 Å². The molecule has 2 aromatic carbocycles. The van der Waals surface area contributed by atoms with Crippen molar-refractivity contribution in [1.82, 2.24) is 15.2 Å². The number of benzene rings is 2. The lowest BCUT2D eigenvalue weighted by Crippen LogP contribution is -2.40. The summed E-state index contributed by atoms with van der Waals surface area (Å²) in [6.07, 6.45) is 6.26. The van der Waals surface area contributed by atoms with Gasteiger partial charge >= 0.3 is 0 Å². The lowest BCUT2D eigenvalue weighted by atomic mass is 9.98. The molecule has 0 atom stereocenters. The molecule has 1 aromatic heterocycles. The van der Waals surface area contributed by atoms with Gasteiger partial charge in [-0.05, 0) is 41.8 Å². The second-order valence-corrected chi connectivity index (χ2v) is 7.27. The van der Waals surface area contributed by atoms with Crippen LogP contribution in [0.4, 0.5) is 4.39 Å². The van der Waals surface area contributed by atoms with E-state index in [4.69, 9.17) is 0 Å². The highest BCUT2D eigenvalue weighted by Crippen LogP contribution is 2.30. The summed E-state index contributed by atoms with van der Waals surface area (Å²) in [7, 11) is 0. The maximum absolute atomic E-state index is 13.4. The number of nitrogens with zero attached hydrogens (tertiary/aromatic N) is 1. The molecule has 0 radical (unpaired) electrons. The predicted molar refractivity (Wildman–Crippen MR) is 116 cm³/mol. The highest BCUT2D eigenvalue weighted by Gasteiger charge is 2.23. The van der Waals surface area contributed by atoms with E-state index >= 15 is 0 Å². The van der Waals surface area contributed by atoms with Crippen molar-refractivity contribution in [2.45, 2.75) is 13.3 Å². The normalized spacial score (nSPS) is 14.5. The molecular formula is C24H22FN3O2. The Balaban J connectivity index is 1.55. The Bertz CT molecular complexity index is 1160. The number of amides is 2. The summed E-state index contributed by atoms with van der Waals surface area (Å²) in [4.78, 5) is 29.5. The second kappa shape index (κ2) is 8.37. The van der Waals surface area contributed by atoms with Gasteiger partial charge in [0, 0.05) is 42.7 Å². The van der Waals surface area contributed by atoms with E-state index in [1.165, 1.54) is 19.1 Å². The number of carbonyl (C=O) groups excluding carboxylic acids is 2. The quantitative estimate of drug-likeness (QED) is 0.644. The van der Waals surface area contributed by atoms with E-state index in [2.05, 4.69) is 10.3 Å². The van der Waals surface area contributed by atoms with Crippen molar-refractivity contribution in [3.63, 3.8) is 0 Å². The molecule has 4 rings (SSSR count). The fourth-order valence-electron chi connectivity index (χ4n) is 3.69.